The Morgan fingerprint density at radius 2 is 1.66 bits per heavy atom. The van der Waals surface area contributed by atoms with Crippen LogP contribution in [0.4, 0.5) is 40.8 Å². The van der Waals surface area contributed by atoms with E-state index in [9.17, 15) is 17.6 Å². The first-order valence-corrected chi connectivity index (χ1v) is 9.94. The molecule has 4 rings (SSSR count). The molecule has 0 saturated carbocycles. The van der Waals surface area contributed by atoms with Gasteiger partial charge in [-0.25, -0.2) is 4.39 Å². The number of hydrogen-bond acceptors (Lipinski definition) is 7. The second-order valence-electron chi connectivity index (χ2n) is 7.38. The van der Waals surface area contributed by atoms with Gasteiger partial charge in [0.25, 0.3) is 0 Å². The van der Waals surface area contributed by atoms with Crippen molar-refractivity contribution in [1.82, 2.24) is 19.9 Å². The zero-order chi connectivity index (χ0) is 22.7. The zero-order valence-corrected chi connectivity index (χ0v) is 17.0. The summed E-state index contributed by atoms with van der Waals surface area (Å²) in [5.74, 6) is 0.211. The van der Waals surface area contributed by atoms with Crippen LogP contribution < -0.4 is 16.0 Å². The molecular formula is C21H21F4N7. The van der Waals surface area contributed by atoms with Gasteiger partial charge in [0.2, 0.25) is 11.9 Å². The number of nitrogens with two attached hydrogens (primary N) is 1. The summed E-state index contributed by atoms with van der Waals surface area (Å²) in [7, 11) is 0. The van der Waals surface area contributed by atoms with E-state index in [2.05, 4.69) is 30.1 Å². The van der Waals surface area contributed by atoms with E-state index >= 15 is 0 Å². The van der Waals surface area contributed by atoms with Crippen LogP contribution in [0.5, 0.6) is 0 Å². The minimum Gasteiger partial charge on any atom is -0.369 e. The number of piperazine rings is 1. The average molecular weight is 447 g/mol. The molecule has 3 N–H and O–H groups in total. The molecule has 1 aromatic heterocycles. The summed E-state index contributed by atoms with van der Waals surface area (Å²) in [6, 6.07) is 11.1. The molecule has 0 spiro atoms. The number of alkyl halides is 3. The highest BCUT2D eigenvalue weighted by Crippen LogP contribution is 2.31. The molecule has 1 aliphatic heterocycles. The normalized spacial score (nSPS) is 15.1. The second kappa shape index (κ2) is 8.95. The summed E-state index contributed by atoms with van der Waals surface area (Å²) in [5, 5.41) is 2.77. The van der Waals surface area contributed by atoms with Crippen molar-refractivity contribution in [1.29, 1.82) is 0 Å². The lowest BCUT2D eigenvalue weighted by Gasteiger charge is -2.35. The predicted molar refractivity (Wildman–Crippen MR) is 113 cm³/mol. The molecule has 0 bridgehead atoms. The summed E-state index contributed by atoms with van der Waals surface area (Å²) in [6.45, 7) is 3.39. The highest BCUT2D eigenvalue weighted by molar-refractivity contribution is 5.55. The van der Waals surface area contributed by atoms with Gasteiger partial charge in [0.15, 0.2) is 0 Å². The van der Waals surface area contributed by atoms with Gasteiger partial charge in [0.1, 0.15) is 11.6 Å². The maximum absolute atomic E-state index is 13.1. The van der Waals surface area contributed by atoms with E-state index in [1.165, 1.54) is 24.3 Å². The fraction of sp³-hybridized carbons (Fsp3) is 0.286. The summed E-state index contributed by atoms with van der Waals surface area (Å²) in [6.07, 6.45) is -4.45. The third kappa shape index (κ3) is 5.41. The Hall–Kier alpha value is -3.47. The van der Waals surface area contributed by atoms with Crippen LogP contribution in [0.3, 0.4) is 0 Å². The minimum absolute atomic E-state index is 0.0191. The number of rotatable bonds is 5. The van der Waals surface area contributed by atoms with Crippen LogP contribution in [0, 0.1) is 5.82 Å². The highest BCUT2D eigenvalue weighted by atomic mass is 19.4. The van der Waals surface area contributed by atoms with Crippen LogP contribution in [0.25, 0.3) is 0 Å². The van der Waals surface area contributed by atoms with Gasteiger partial charge in [-0.3, -0.25) is 4.90 Å². The monoisotopic (exact) mass is 447 g/mol. The van der Waals surface area contributed by atoms with Crippen molar-refractivity contribution in [3.8, 4) is 0 Å². The van der Waals surface area contributed by atoms with E-state index in [1.54, 1.807) is 12.1 Å². The van der Waals surface area contributed by atoms with Crippen molar-refractivity contribution < 1.29 is 17.6 Å². The molecule has 1 aliphatic rings. The molecule has 2 aromatic carbocycles. The molecule has 3 aromatic rings. The third-order valence-corrected chi connectivity index (χ3v) is 5.07. The summed E-state index contributed by atoms with van der Waals surface area (Å²) in [5.41, 5.74) is 6.17. The van der Waals surface area contributed by atoms with E-state index in [0.717, 1.165) is 44.0 Å². The molecule has 11 heteroatoms. The molecule has 7 nitrogen and oxygen atoms in total. The van der Waals surface area contributed by atoms with Gasteiger partial charge in [0, 0.05) is 37.6 Å². The van der Waals surface area contributed by atoms with Crippen molar-refractivity contribution in [3.05, 3.63) is 65.7 Å². The number of halogens is 4. The lowest BCUT2D eigenvalue weighted by molar-refractivity contribution is -0.137. The van der Waals surface area contributed by atoms with Gasteiger partial charge in [-0.15, -0.1) is 0 Å². The number of nitrogens with one attached hydrogen (secondary N) is 1. The lowest BCUT2D eigenvalue weighted by Crippen LogP contribution is -2.46. The fourth-order valence-electron chi connectivity index (χ4n) is 3.48. The number of nitrogen functional groups attached to an aromatic ring is 1. The Bertz CT molecular complexity index is 1060. The minimum atomic E-state index is -4.45. The summed E-state index contributed by atoms with van der Waals surface area (Å²) >= 11 is 0. The molecule has 0 radical (unpaired) electrons. The first-order chi connectivity index (χ1) is 15.3. The predicted octanol–water partition coefficient (Wildman–Crippen LogP) is 3.68. The van der Waals surface area contributed by atoms with Gasteiger partial charge in [-0.1, -0.05) is 6.07 Å². The molecule has 0 aliphatic carbocycles. The molecule has 32 heavy (non-hydrogen) atoms. The second-order valence-corrected chi connectivity index (χ2v) is 7.38. The molecule has 168 valence electrons. The Labute approximate surface area is 181 Å². The van der Waals surface area contributed by atoms with Crippen LogP contribution in [0.1, 0.15) is 11.4 Å². The van der Waals surface area contributed by atoms with Gasteiger partial charge < -0.3 is 16.0 Å². The van der Waals surface area contributed by atoms with E-state index in [0.29, 0.717) is 12.4 Å². The molecular weight excluding hydrogens is 426 g/mol. The Morgan fingerprint density at radius 3 is 2.34 bits per heavy atom. The molecule has 1 saturated heterocycles. The SMILES string of the molecule is Nc1nc(CN2CCN(c3ccc(F)cc3)CC2)nc(Nc2cccc(C(F)(F)F)c2)n1. The Kier molecular flexibility index (Phi) is 6.08. The van der Waals surface area contributed by atoms with Crippen molar-refractivity contribution in [2.45, 2.75) is 12.7 Å². The Balaban J connectivity index is 1.40. The average Bonchev–Trinajstić information content (AvgIpc) is 2.74. The van der Waals surface area contributed by atoms with E-state index in [-0.39, 0.29) is 23.4 Å². The first-order valence-electron chi connectivity index (χ1n) is 9.94. The number of nitrogens with zero attached hydrogens (tertiary/aromatic N) is 5. The first kappa shape index (κ1) is 21.8. The molecule has 2 heterocycles. The summed E-state index contributed by atoms with van der Waals surface area (Å²) < 4.78 is 51.9. The molecule has 0 unspecified atom stereocenters. The number of hydrogen-bond donors (Lipinski definition) is 2. The molecule has 0 amide bonds. The Morgan fingerprint density at radius 1 is 0.938 bits per heavy atom. The van der Waals surface area contributed by atoms with Gasteiger partial charge in [-0.05, 0) is 42.5 Å². The third-order valence-electron chi connectivity index (χ3n) is 5.07. The number of anilines is 4. The number of benzene rings is 2. The van der Waals surface area contributed by atoms with Gasteiger partial charge >= 0.3 is 6.18 Å². The maximum atomic E-state index is 13.1. The standard InChI is InChI=1S/C21H21F4N7/c22-15-4-6-17(7-5-15)32-10-8-31(9-11-32)13-18-28-19(26)30-20(29-18)27-16-3-1-2-14(12-16)21(23,24)25/h1-7,12H,8-11,13H2,(H3,26,27,28,29,30). The van der Waals surface area contributed by atoms with Crippen LogP contribution in [0.2, 0.25) is 0 Å². The summed E-state index contributed by atoms with van der Waals surface area (Å²) in [4.78, 5) is 16.7. The van der Waals surface area contributed by atoms with Crippen LogP contribution >= 0.6 is 0 Å². The maximum Gasteiger partial charge on any atom is 0.416 e. The zero-order valence-electron chi connectivity index (χ0n) is 17.0. The van der Waals surface area contributed by atoms with Crippen LogP contribution in [-0.4, -0.2) is 46.0 Å². The number of aromatic nitrogens is 3. The van der Waals surface area contributed by atoms with Crippen LogP contribution in [-0.2, 0) is 12.7 Å². The fourth-order valence-corrected chi connectivity index (χ4v) is 3.48. The van der Waals surface area contributed by atoms with E-state index < -0.39 is 11.7 Å². The van der Waals surface area contributed by atoms with Gasteiger partial charge in [0.05, 0.1) is 12.1 Å². The smallest absolute Gasteiger partial charge is 0.369 e. The van der Waals surface area contributed by atoms with E-state index in [4.69, 9.17) is 5.73 Å². The van der Waals surface area contributed by atoms with E-state index in [1.807, 2.05) is 0 Å². The van der Waals surface area contributed by atoms with Crippen molar-refractivity contribution in [2.75, 3.05) is 42.1 Å². The highest BCUT2D eigenvalue weighted by Gasteiger charge is 2.30. The van der Waals surface area contributed by atoms with Crippen molar-refractivity contribution in [3.63, 3.8) is 0 Å². The lowest BCUT2D eigenvalue weighted by atomic mass is 10.2. The van der Waals surface area contributed by atoms with Crippen molar-refractivity contribution >= 4 is 23.3 Å². The van der Waals surface area contributed by atoms with Crippen LogP contribution in [0.15, 0.2) is 48.5 Å². The molecule has 1 fully saturated rings. The topological polar surface area (TPSA) is 83.2 Å². The van der Waals surface area contributed by atoms with Gasteiger partial charge in [-0.2, -0.15) is 28.1 Å². The van der Waals surface area contributed by atoms with Crippen molar-refractivity contribution in [2.24, 2.45) is 0 Å². The largest absolute Gasteiger partial charge is 0.416 e. The molecule has 0 atom stereocenters. The quantitative estimate of drug-likeness (QED) is 0.578.